The first-order valence-electron chi connectivity index (χ1n) is 7.88. The predicted molar refractivity (Wildman–Crippen MR) is 93.7 cm³/mol. The third-order valence-corrected chi connectivity index (χ3v) is 3.75. The van der Waals surface area contributed by atoms with Crippen molar-refractivity contribution in [2.24, 2.45) is 0 Å². The summed E-state index contributed by atoms with van der Waals surface area (Å²) in [6.45, 7) is -0.714. The van der Waals surface area contributed by atoms with Gasteiger partial charge in [-0.05, 0) is 42.8 Å². The summed E-state index contributed by atoms with van der Waals surface area (Å²) in [6.07, 6.45) is 1.43. The van der Waals surface area contributed by atoms with Gasteiger partial charge in [0.2, 0.25) is 0 Å². The number of halogens is 2. The van der Waals surface area contributed by atoms with Crippen LogP contribution in [0.25, 0.3) is 22.7 Å². The van der Waals surface area contributed by atoms with E-state index in [0.29, 0.717) is 17.7 Å². The minimum absolute atomic E-state index is 0.0189. The van der Waals surface area contributed by atoms with Crippen LogP contribution in [0.5, 0.6) is 11.5 Å². The minimum atomic E-state index is -2.84. The van der Waals surface area contributed by atoms with Crippen molar-refractivity contribution in [3.05, 3.63) is 53.9 Å². The first-order chi connectivity index (χ1) is 12.5. The Labute approximate surface area is 148 Å². The van der Waals surface area contributed by atoms with Crippen molar-refractivity contribution in [1.82, 2.24) is 9.55 Å². The van der Waals surface area contributed by atoms with Gasteiger partial charge < -0.3 is 9.84 Å². The Balaban J connectivity index is 2.14. The molecule has 5 nitrogen and oxygen atoms in total. The van der Waals surface area contributed by atoms with Gasteiger partial charge in [0.25, 0.3) is 0 Å². The summed E-state index contributed by atoms with van der Waals surface area (Å²) in [4.78, 5) is 4.19. The molecule has 0 bridgehead atoms. The Bertz CT molecular complexity index is 1020. The molecule has 0 aliphatic rings. The summed E-state index contributed by atoms with van der Waals surface area (Å²) < 4.78 is 33.2. The third kappa shape index (κ3) is 3.22. The number of phenolic OH excluding ortho intramolecular Hbond substituents is 1. The lowest BCUT2D eigenvalue weighted by molar-refractivity contribution is 0.0738. The van der Waals surface area contributed by atoms with E-state index in [9.17, 15) is 19.1 Å². The van der Waals surface area contributed by atoms with Gasteiger partial charge in [0.1, 0.15) is 6.07 Å². The molecule has 0 fully saturated rings. The van der Waals surface area contributed by atoms with Crippen molar-refractivity contribution in [3.63, 3.8) is 0 Å². The standard InChI is InChI=1S/C19H15F2N3O2/c1-2-26-17-10-12(7-8-16(17)25)9-13(11-22)18-23-14-5-3-4-6-15(14)24(18)19(20)21/h3-10,19,25H,2H2,1H3. The highest BCUT2D eigenvalue weighted by atomic mass is 19.3. The molecular weight excluding hydrogens is 340 g/mol. The molecule has 1 aromatic heterocycles. The Morgan fingerprint density at radius 1 is 1.35 bits per heavy atom. The average Bonchev–Trinajstić information content (AvgIpc) is 3.02. The molecule has 26 heavy (non-hydrogen) atoms. The van der Waals surface area contributed by atoms with Gasteiger partial charge in [0.15, 0.2) is 17.3 Å². The number of benzene rings is 2. The first kappa shape index (κ1) is 17.4. The van der Waals surface area contributed by atoms with Gasteiger partial charge in [-0.2, -0.15) is 14.0 Å². The molecule has 3 rings (SSSR count). The summed E-state index contributed by atoms with van der Waals surface area (Å²) in [5.74, 6) is 0.0953. The fourth-order valence-corrected chi connectivity index (χ4v) is 2.64. The molecule has 0 aliphatic carbocycles. The molecule has 1 heterocycles. The smallest absolute Gasteiger partial charge is 0.320 e. The molecule has 3 aromatic rings. The third-order valence-electron chi connectivity index (χ3n) is 3.75. The van der Waals surface area contributed by atoms with Crippen LogP contribution in [0.3, 0.4) is 0 Å². The molecule has 0 saturated heterocycles. The molecule has 7 heteroatoms. The molecular formula is C19H15F2N3O2. The van der Waals surface area contributed by atoms with Crippen molar-refractivity contribution in [2.45, 2.75) is 13.5 Å². The van der Waals surface area contributed by atoms with Gasteiger partial charge in [-0.1, -0.05) is 18.2 Å². The lowest BCUT2D eigenvalue weighted by Gasteiger charge is -2.08. The number of nitrogens with zero attached hydrogens (tertiary/aromatic N) is 3. The Kier molecular flexibility index (Phi) is 4.85. The topological polar surface area (TPSA) is 71.1 Å². The van der Waals surface area contributed by atoms with Crippen molar-refractivity contribution in [1.29, 1.82) is 5.26 Å². The molecule has 0 saturated carbocycles. The number of hydrogen-bond donors (Lipinski definition) is 1. The number of alkyl halides is 2. The number of nitriles is 1. The summed E-state index contributed by atoms with van der Waals surface area (Å²) in [5, 5.41) is 19.3. The summed E-state index contributed by atoms with van der Waals surface area (Å²) >= 11 is 0. The number of ether oxygens (including phenoxy) is 1. The van der Waals surface area contributed by atoms with Gasteiger partial charge in [0, 0.05) is 0 Å². The van der Waals surface area contributed by atoms with Crippen LogP contribution in [0.15, 0.2) is 42.5 Å². The highest BCUT2D eigenvalue weighted by molar-refractivity contribution is 5.91. The predicted octanol–water partition coefficient (Wildman–Crippen LogP) is 4.60. The highest BCUT2D eigenvalue weighted by Crippen LogP contribution is 2.31. The molecule has 132 valence electrons. The maximum Gasteiger partial charge on any atom is 0.320 e. The van der Waals surface area contributed by atoms with Crippen LogP contribution in [0, 0.1) is 11.3 Å². The van der Waals surface area contributed by atoms with Crippen molar-refractivity contribution in [3.8, 4) is 17.6 Å². The molecule has 0 atom stereocenters. The number of rotatable bonds is 5. The van der Waals surface area contributed by atoms with Crippen molar-refractivity contribution >= 4 is 22.7 Å². The SMILES string of the molecule is CCOc1cc(C=C(C#N)c2nc3ccccc3n2C(F)F)ccc1O. The largest absolute Gasteiger partial charge is 0.504 e. The number of fused-ring (bicyclic) bond motifs is 1. The number of aromatic hydroxyl groups is 1. The lowest BCUT2D eigenvalue weighted by atomic mass is 10.1. The van der Waals surface area contributed by atoms with E-state index in [1.165, 1.54) is 24.3 Å². The molecule has 0 aliphatic heterocycles. The second-order valence-corrected chi connectivity index (χ2v) is 5.40. The number of imidazole rings is 1. The number of para-hydroxylation sites is 2. The van der Waals surface area contributed by atoms with E-state index in [0.717, 1.165) is 4.57 Å². The Morgan fingerprint density at radius 2 is 2.12 bits per heavy atom. The van der Waals surface area contributed by atoms with Crippen LogP contribution in [-0.4, -0.2) is 21.3 Å². The van der Waals surface area contributed by atoms with Gasteiger partial charge in [-0.25, -0.2) is 4.98 Å². The fourth-order valence-electron chi connectivity index (χ4n) is 2.64. The molecule has 0 unspecified atom stereocenters. The van der Waals surface area contributed by atoms with Crippen LogP contribution in [0.1, 0.15) is 24.9 Å². The van der Waals surface area contributed by atoms with Gasteiger partial charge in [0.05, 0.1) is 23.2 Å². The molecule has 0 radical (unpaired) electrons. The normalized spacial score (nSPS) is 11.7. The Morgan fingerprint density at radius 3 is 2.81 bits per heavy atom. The highest BCUT2D eigenvalue weighted by Gasteiger charge is 2.20. The lowest BCUT2D eigenvalue weighted by Crippen LogP contribution is -2.03. The Hall–Kier alpha value is -3.40. The quantitative estimate of drug-likeness (QED) is 0.679. The van der Waals surface area contributed by atoms with Crippen molar-refractivity contribution < 1.29 is 18.6 Å². The number of hydrogen-bond acceptors (Lipinski definition) is 4. The van der Waals surface area contributed by atoms with E-state index < -0.39 is 6.55 Å². The number of allylic oxidation sites excluding steroid dienone is 1. The first-order valence-corrected chi connectivity index (χ1v) is 7.88. The van der Waals surface area contributed by atoms with E-state index in [2.05, 4.69) is 4.98 Å². The molecule has 0 spiro atoms. The van der Waals surface area contributed by atoms with Gasteiger partial charge >= 0.3 is 6.55 Å². The van der Waals surface area contributed by atoms with E-state index >= 15 is 0 Å². The summed E-state index contributed by atoms with van der Waals surface area (Å²) in [5.41, 5.74) is 1.13. The van der Waals surface area contributed by atoms with E-state index in [1.807, 2.05) is 6.07 Å². The van der Waals surface area contributed by atoms with Gasteiger partial charge in [-0.3, -0.25) is 4.57 Å². The monoisotopic (exact) mass is 355 g/mol. The number of phenols is 1. The maximum absolute atomic E-state index is 13.6. The zero-order chi connectivity index (χ0) is 18.7. The van der Waals surface area contributed by atoms with E-state index in [4.69, 9.17) is 4.74 Å². The minimum Gasteiger partial charge on any atom is -0.504 e. The second-order valence-electron chi connectivity index (χ2n) is 5.40. The van der Waals surface area contributed by atoms with Crippen LogP contribution in [-0.2, 0) is 0 Å². The molecule has 0 amide bonds. The molecule has 2 aromatic carbocycles. The summed E-state index contributed by atoms with van der Waals surface area (Å²) in [7, 11) is 0. The van der Waals surface area contributed by atoms with Crippen LogP contribution < -0.4 is 4.74 Å². The average molecular weight is 355 g/mol. The number of aromatic nitrogens is 2. The zero-order valence-electron chi connectivity index (χ0n) is 13.9. The van der Waals surface area contributed by atoms with Gasteiger partial charge in [-0.15, -0.1) is 0 Å². The maximum atomic E-state index is 13.6. The van der Waals surface area contributed by atoms with E-state index in [-0.39, 0.29) is 28.4 Å². The van der Waals surface area contributed by atoms with E-state index in [1.54, 1.807) is 31.2 Å². The van der Waals surface area contributed by atoms with Crippen molar-refractivity contribution in [2.75, 3.05) is 6.61 Å². The second kappa shape index (κ2) is 7.23. The van der Waals surface area contributed by atoms with Crippen LogP contribution in [0.4, 0.5) is 8.78 Å². The molecule has 1 N–H and O–H groups in total. The summed E-state index contributed by atoms with van der Waals surface area (Å²) in [6, 6.07) is 12.9. The zero-order valence-corrected chi connectivity index (χ0v) is 13.9. The fraction of sp³-hybridized carbons (Fsp3) is 0.158. The van der Waals surface area contributed by atoms with Crippen LogP contribution >= 0.6 is 0 Å². The van der Waals surface area contributed by atoms with Crippen LogP contribution in [0.2, 0.25) is 0 Å².